The van der Waals surface area contributed by atoms with E-state index in [0.717, 1.165) is 0 Å². The normalized spacial score (nSPS) is 33.0. The molecule has 144 valence electrons. The molecule has 2 aliphatic rings. The summed E-state index contributed by atoms with van der Waals surface area (Å²) in [6.45, 7) is 7.02. The maximum atomic E-state index is 13.1. The van der Waals surface area contributed by atoms with Crippen molar-refractivity contribution in [3.05, 3.63) is 29.8 Å². The lowest BCUT2D eigenvalue weighted by Gasteiger charge is -2.55. The lowest BCUT2D eigenvalue weighted by atomic mass is 9.51. The first kappa shape index (κ1) is 19.3. The van der Waals surface area contributed by atoms with Crippen LogP contribution in [0.1, 0.15) is 57.3 Å². The molecule has 0 aromatic heterocycles. The molecule has 6 heteroatoms. The molecule has 2 bridgehead atoms. The number of carbonyl (C=O) groups excluding carboxylic acids is 4. The van der Waals surface area contributed by atoms with Gasteiger partial charge in [-0.1, -0.05) is 20.8 Å². The highest BCUT2D eigenvalue weighted by atomic mass is 16.2. The number of ketones is 1. The fourth-order valence-electron chi connectivity index (χ4n) is 5.21. The highest BCUT2D eigenvalue weighted by Crippen LogP contribution is 2.58. The molecule has 27 heavy (non-hydrogen) atoms. The number of fused-ring (bicyclic) bond motifs is 2. The van der Waals surface area contributed by atoms with Crippen LogP contribution in [0.3, 0.4) is 0 Å². The quantitative estimate of drug-likeness (QED) is 0.655. The van der Waals surface area contributed by atoms with Crippen molar-refractivity contribution in [2.24, 2.45) is 16.2 Å². The first-order valence-electron chi connectivity index (χ1n) is 9.15. The number of hydrogen-bond donors (Lipinski definition) is 1. The van der Waals surface area contributed by atoms with E-state index in [-0.39, 0.29) is 23.5 Å². The Balaban J connectivity index is 1.87. The molecule has 2 unspecified atom stereocenters. The molecule has 0 radical (unpaired) electrons. The Labute approximate surface area is 159 Å². The van der Waals surface area contributed by atoms with Crippen LogP contribution in [-0.2, 0) is 14.4 Å². The van der Waals surface area contributed by atoms with Gasteiger partial charge in [0.15, 0.2) is 5.78 Å². The molecule has 1 aromatic carbocycles. The molecule has 1 aliphatic heterocycles. The molecule has 3 rings (SSSR count). The number of piperidine rings is 1. The van der Waals surface area contributed by atoms with Crippen molar-refractivity contribution in [3.8, 4) is 0 Å². The maximum absolute atomic E-state index is 13.1. The summed E-state index contributed by atoms with van der Waals surface area (Å²) in [5.74, 6) is -0.675. The number of anilines is 1. The van der Waals surface area contributed by atoms with Crippen LogP contribution in [0.2, 0.25) is 0 Å². The number of imide groups is 1. The van der Waals surface area contributed by atoms with E-state index in [0.29, 0.717) is 30.5 Å². The fourth-order valence-corrected chi connectivity index (χ4v) is 5.21. The van der Waals surface area contributed by atoms with E-state index in [1.807, 2.05) is 20.8 Å². The number of benzene rings is 1. The standard InChI is InChI=1S/C21H26N2O4/c1-13(24)14-6-8-15(9-7-14)22-16(25)19(2)10-20(3)12-21(4,11-19)18(27)23(5)17(20)26/h6-9H,10-12H2,1-5H3,(H,22,25). The predicted molar refractivity (Wildman–Crippen MR) is 101 cm³/mol. The molecule has 1 N–H and O–H groups in total. The Hall–Kier alpha value is -2.50. The Bertz CT molecular complexity index is 814. The van der Waals surface area contributed by atoms with Crippen LogP contribution in [-0.4, -0.2) is 35.5 Å². The van der Waals surface area contributed by atoms with Gasteiger partial charge in [0.25, 0.3) is 0 Å². The van der Waals surface area contributed by atoms with Gasteiger partial charge in [0.1, 0.15) is 0 Å². The third kappa shape index (κ3) is 3.07. The fraction of sp³-hybridized carbons (Fsp3) is 0.524. The van der Waals surface area contributed by atoms with E-state index in [2.05, 4.69) is 5.32 Å². The van der Waals surface area contributed by atoms with Crippen LogP contribution in [0.4, 0.5) is 5.69 Å². The molecule has 1 heterocycles. The number of amides is 3. The van der Waals surface area contributed by atoms with Gasteiger partial charge in [0.05, 0.1) is 0 Å². The zero-order valence-corrected chi connectivity index (χ0v) is 16.5. The number of likely N-dealkylation sites (tertiary alicyclic amines) is 1. The van der Waals surface area contributed by atoms with Gasteiger partial charge < -0.3 is 5.32 Å². The van der Waals surface area contributed by atoms with Gasteiger partial charge in [-0.05, 0) is 50.5 Å². The molecule has 1 aromatic rings. The summed E-state index contributed by atoms with van der Waals surface area (Å²) in [6, 6.07) is 6.71. The summed E-state index contributed by atoms with van der Waals surface area (Å²) < 4.78 is 0. The number of carbonyl (C=O) groups is 4. The monoisotopic (exact) mass is 370 g/mol. The second kappa shape index (κ2) is 6.01. The summed E-state index contributed by atoms with van der Waals surface area (Å²) in [7, 11) is 1.53. The van der Waals surface area contributed by atoms with Crippen molar-refractivity contribution in [2.45, 2.75) is 47.0 Å². The summed E-state index contributed by atoms with van der Waals surface area (Å²) in [6.07, 6.45) is 1.25. The van der Waals surface area contributed by atoms with E-state index < -0.39 is 16.2 Å². The van der Waals surface area contributed by atoms with Crippen LogP contribution in [0.25, 0.3) is 0 Å². The Kier molecular flexibility index (Phi) is 4.29. The van der Waals surface area contributed by atoms with Crippen LogP contribution in [0.5, 0.6) is 0 Å². The van der Waals surface area contributed by atoms with Crippen LogP contribution in [0.15, 0.2) is 24.3 Å². The van der Waals surface area contributed by atoms with Crippen LogP contribution in [0, 0.1) is 16.2 Å². The third-order valence-electron chi connectivity index (χ3n) is 6.08. The lowest BCUT2D eigenvalue weighted by Crippen LogP contribution is -2.63. The largest absolute Gasteiger partial charge is 0.326 e. The Morgan fingerprint density at radius 1 is 0.926 bits per heavy atom. The summed E-state index contributed by atoms with van der Waals surface area (Å²) >= 11 is 0. The smallest absolute Gasteiger partial charge is 0.234 e. The van der Waals surface area contributed by atoms with Crippen molar-refractivity contribution in [3.63, 3.8) is 0 Å². The average Bonchev–Trinajstić information content (AvgIpc) is 2.58. The molecule has 2 fully saturated rings. The van der Waals surface area contributed by atoms with E-state index >= 15 is 0 Å². The van der Waals surface area contributed by atoms with Gasteiger partial charge in [-0.2, -0.15) is 0 Å². The lowest BCUT2D eigenvalue weighted by molar-refractivity contribution is -0.177. The number of Topliss-reactive ketones (excluding diaryl/α,β-unsaturated/α-hetero) is 1. The molecule has 1 saturated heterocycles. The zero-order valence-electron chi connectivity index (χ0n) is 16.5. The van der Waals surface area contributed by atoms with Crippen LogP contribution < -0.4 is 5.32 Å². The zero-order chi connectivity index (χ0) is 20.2. The molecular weight excluding hydrogens is 344 g/mol. The van der Waals surface area contributed by atoms with Crippen molar-refractivity contribution < 1.29 is 19.2 Å². The molecule has 1 aliphatic carbocycles. The highest BCUT2D eigenvalue weighted by molar-refractivity contribution is 6.05. The molecule has 3 amide bonds. The Morgan fingerprint density at radius 3 is 1.85 bits per heavy atom. The van der Waals surface area contributed by atoms with Gasteiger partial charge in [-0.25, -0.2) is 0 Å². The molecule has 0 spiro atoms. The van der Waals surface area contributed by atoms with E-state index in [9.17, 15) is 19.2 Å². The SMILES string of the molecule is CC(=O)c1ccc(NC(=O)C2(C)CC3(C)CC(C)(C2)C(=O)N(C)C3=O)cc1. The summed E-state index contributed by atoms with van der Waals surface area (Å²) in [5.41, 5.74) is -1.15. The molecule has 6 nitrogen and oxygen atoms in total. The number of nitrogens with one attached hydrogen (secondary N) is 1. The van der Waals surface area contributed by atoms with Gasteiger partial charge in [-0.15, -0.1) is 0 Å². The van der Waals surface area contributed by atoms with Gasteiger partial charge in [0.2, 0.25) is 17.7 Å². The van der Waals surface area contributed by atoms with E-state index in [1.165, 1.54) is 18.9 Å². The number of nitrogens with zero attached hydrogens (tertiary/aromatic N) is 1. The number of rotatable bonds is 3. The topological polar surface area (TPSA) is 83.6 Å². The minimum atomic E-state index is -0.840. The molecule has 1 saturated carbocycles. The highest BCUT2D eigenvalue weighted by Gasteiger charge is 2.62. The summed E-state index contributed by atoms with van der Waals surface area (Å²) in [4.78, 5) is 51.2. The maximum Gasteiger partial charge on any atom is 0.234 e. The first-order chi connectivity index (χ1) is 12.4. The first-order valence-corrected chi connectivity index (χ1v) is 9.15. The average molecular weight is 370 g/mol. The predicted octanol–water partition coefficient (Wildman–Crippen LogP) is 3.03. The molecular formula is C21H26N2O4. The minimum absolute atomic E-state index is 0.0399. The second-order valence-corrected chi connectivity index (χ2v) is 8.97. The van der Waals surface area contributed by atoms with Crippen molar-refractivity contribution in [2.75, 3.05) is 12.4 Å². The molecule has 2 atom stereocenters. The number of hydrogen-bond acceptors (Lipinski definition) is 4. The van der Waals surface area contributed by atoms with Gasteiger partial charge in [-0.3, -0.25) is 24.1 Å². The summed E-state index contributed by atoms with van der Waals surface area (Å²) in [5, 5.41) is 2.90. The van der Waals surface area contributed by atoms with Crippen LogP contribution >= 0.6 is 0 Å². The Morgan fingerprint density at radius 2 is 1.41 bits per heavy atom. The minimum Gasteiger partial charge on any atom is -0.326 e. The second-order valence-electron chi connectivity index (χ2n) is 8.97. The van der Waals surface area contributed by atoms with E-state index in [4.69, 9.17) is 0 Å². The van der Waals surface area contributed by atoms with E-state index in [1.54, 1.807) is 24.3 Å². The van der Waals surface area contributed by atoms with Crippen molar-refractivity contribution in [1.82, 2.24) is 4.90 Å². The van der Waals surface area contributed by atoms with Crippen molar-refractivity contribution in [1.29, 1.82) is 0 Å². The van der Waals surface area contributed by atoms with Gasteiger partial charge in [0, 0.05) is 34.5 Å². The van der Waals surface area contributed by atoms with Gasteiger partial charge >= 0.3 is 0 Å². The van der Waals surface area contributed by atoms with Crippen molar-refractivity contribution >= 4 is 29.2 Å². The third-order valence-corrected chi connectivity index (χ3v) is 6.08.